The summed E-state index contributed by atoms with van der Waals surface area (Å²) in [6.45, 7) is 11.9. The van der Waals surface area contributed by atoms with Crippen LogP contribution in [0.5, 0.6) is 0 Å². The third-order valence-electron chi connectivity index (χ3n) is 3.85. The predicted octanol–water partition coefficient (Wildman–Crippen LogP) is 1.42. The average Bonchev–Trinajstić information content (AvgIpc) is 2.36. The molecule has 0 aromatic rings. The molecule has 4 heteroatoms. The molecule has 0 aliphatic carbocycles. The molecule has 0 aromatic heterocycles. The first-order chi connectivity index (χ1) is 9.02. The molecule has 1 rings (SSSR count). The number of hydrogen-bond acceptors (Lipinski definition) is 4. The van der Waals surface area contributed by atoms with Gasteiger partial charge in [0.1, 0.15) is 0 Å². The Hall–Kier alpha value is -0.160. The van der Waals surface area contributed by atoms with Gasteiger partial charge in [-0.15, -0.1) is 0 Å². The summed E-state index contributed by atoms with van der Waals surface area (Å²) in [4.78, 5) is 4.93. The van der Waals surface area contributed by atoms with Crippen molar-refractivity contribution in [1.82, 2.24) is 15.1 Å². The van der Waals surface area contributed by atoms with E-state index in [1.165, 1.54) is 32.5 Å². The zero-order valence-corrected chi connectivity index (χ0v) is 13.5. The Balaban J connectivity index is 2.44. The monoisotopic (exact) mass is 271 g/mol. The fourth-order valence-corrected chi connectivity index (χ4v) is 2.55. The number of hydrogen-bond donors (Lipinski definition) is 1. The van der Waals surface area contributed by atoms with E-state index in [0.717, 1.165) is 13.2 Å². The van der Waals surface area contributed by atoms with Gasteiger partial charge in [0.2, 0.25) is 0 Å². The van der Waals surface area contributed by atoms with Gasteiger partial charge in [-0.1, -0.05) is 6.92 Å². The molecule has 0 spiro atoms. The summed E-state index contributed by atoms with van der Waals surface area (Å²) in [5.74, 6) is 0. The van der Waals surface area contributed by atoms with E-state index in [2.05, 4.69) is 50.0 Å². The van der Waals surface area contributed by atoms with E-state index >= 15 is 0 Å². The molecule has 1 saturated heterocycles. The summed E-state index contributed by atoms with van der Waals surface area (Å²) in [6.07, 6.45) is 2.67. The molecule has 0 saturated carbocycles. The van der Waals surface area contributed by atoms with Crippen LogP contribution in [0.3, 0.4) is 0 Å². The maximum atomic E-state index is 5.81. The highest BCUT2D eigenvalue weighted by atomic mass is 16.5. The lowest BCUT2D eigenvalue weighted by molar-refractivity contribution is 0.0427. The van der Waals surface area contributed by atoms with Crippen LogP contribution in [0, 0.1) is 0 Å². The van der Waals surface area contributed by atoms with Gasteiger partial charge in [-0.25, -0.2) is 0 Å². The van der Waals surface area contributed by atoms with Crippen LogP contribution in [0.2, 0.25) is 0 Å². The second kappa shape index (κ2) is 8.90. The molecule has 0 radical (unpaired) electrons. The molecular formula is C15H33N3O. The van der Waals surface area contributed by atoms with Crippen molar-refractivity contribution >= 4 is 0 Å². The number of ether oxygens (including phenoxy) is 1. The molecule has 0 amide bonds. The first-order valence-electron chi connectivity index (χ1n) is 7.76. The standard InChI is InChI=1S/C15H33N3O/c1-6-7-16-14(12-19-13(2)3)10-15-11-17(4)8-9-18(15)5/h13-16H,6-12H2,1-5H3. The normalized spacial score (nSPS) is 24.0. The Kier molecular flexibility index (Phi) is 7.91. The first kappa shape index (κ1) is 16.9. The Morgan fingerprint density at radius 2 is 2.00 bits per heavy atom. The topological polar surface area (TPSA) is 27.7 Å². The van der Waals surface area contributed by atoms with E-state index in [4.69, 9.17) is 4.74 Å². The number of rotatable bonds is 8. The Morgan fingerprint density at radius 1 is 1.26 bits per heavy atom. The lowest BCUT2D eigenvalue weighted by atomic mass is 10.0. The summed E-state index contributed by atoms with van der Waals surface area (Å²) in [5.41, 5.74) is 0. The fraction of sp³-hybridized carbons (Fsp3) is 1.00. The highest BCUT2D eigenvalue weighted by Crippen LogP contribution is 2.12. The van der Waals surface area contributed by atoms with Crippen molar-refractivity contribution in [2.75, 3.05) is 46.9 Å². The third-order valence-corrected chi connectivity index (χ3v) is 3.85. The van der Waals surface area contributed by atoms with Gasteiger partial charge in [-0.2, -0.15) is 0 Å². The first-order valence-corrected chi connectivity index (χ1v) is 7.76. The Labute approximate surface area is 119 Å². The van der Waals surface area contributed by atoms with Crippen LogP contribution in [0.4, 0.5) is 0 Å². The maximum Gasteiger partial charge on any atom is 0.0623 e. The summed E-state index contributed by atoms with van der Waals surface area (Å²) in [6, 6.07) is 1.12. The molecule has 114 valence electrons. The van der Waals surface area contributed by atoms with Gasteiger partial charge >= 0.3 is 0 Å². The molecule has 0 aromatic carbocycles. The average molecular weight is 271 g/mol. The van der Waals surface area contributed by atoms with E-state index in [1.54, 1.807) is 0 Å². The molecule has 2 atom stereocenters. The smallest absolute Gasteiger partial charge is 0.0623 e. The summed E-state index contributed by atoms with van der Waals surface area (Å²) >= 11 is 0. The van der Waals surface area contributed by atoms with Gasteiger partial charge in [0, 0.05) is 31.7 Å². The second-order valence-corrected chi connectivity index (χ2v) is 6.17. The zero-order valence-electron chi connectivity index (χ0n) is 13.5. The highest BCUT2D eigenvalue weighted by molar-refractivity contribution is 4.83. The molecule has 4 nitrogen and oxygen atoms in total. The van der Waals surface area contributed by atoms with Crippen LogP contribution in [0.1, 0.15) is 33.6 Å². The summed E-state index contributed by atoms with van der Waals surface area (Å²) in [5, 5.41) is 3.64. The number of nitrogens with one attached hydrogen (secondary N) is 1. The van der Waals surface area contributed by atoms with Crippen LogP contribution < -0.4 is 5.32 Å². The highest BCUT2D eigenvalue weighted by Gasteiger charge is 2.25. The van der Waals surface area contributed by atoms with Gasteiger partial charge in [-0.3, -0.25) is 0 Å². The fourth-order valence-electron chi connectivity index (χ4n) is 2.55. The largest absolute Gasteiger partial charge is 0.377 e. The number of piperazine rings is 1. The van der Waals surface area contributed by atoms with Crippen molar-refractivity contribution in [1.29, 1.82) is 0 Å². The van der Waals surface area contributed by atoms with Crippen molar-refractivity contribution in [2.24, 2.45) is 0 Å². The molecule has 0 bridgehead atoms. The number of nitrogens with zero attached hydrogens (tertiary/aromatic N) is 2. The number of likely N-dealkylation sites (N-methyl/N-ethyl adjacent to an activating group) is 2. The molecule has 1 fully saturated rings. The molecule has 1 heterocycles. The minimum absolute atomic E-state index is 0.317. The molecule has 2 unspecified atom stereocenters. The minimum atomic E-state index is 0.317. The van der Waals surface area contributed by atoms with Gasteiger partial charge in [-0.05, 0) is 47.3 Å². The summed E-state index contributed by atoms with van der Waals surface area (Å²) < 4.78 is 5.81. The van der Waals surface area contributed by atoms with Gasteiger partial charge in [0.25, 0.3) is 0 Å². The van der Waals surface area contributed by atoms with Crippen LogP contribution in [0.15, 0.2) is 0 Å². The van der Waals surface area contributed by atoms with Crippen molar-refractivity contribution < 1.29 is 4.74 Å². The third kappa shape index (κ3) is 6.70. The van der Waals surface area contributed by atoms with Gasteiger partial charge < -0.3 is 19.9 Å². The quantitative estimate of drug-likeness (QED) is 0.722. The molecule has 19 heavy (non-hydrogen) atoms. The van der Waals surface area contributed by atoms with Crippen LogP contribution in [0.25, 0.3) is 0 Å². The van der Waals surface area contributed by atoms with Crippen LogP contribution in [-0.2, 0) is 4.74 Å². The van der Waals surface area contributed by atoms with Crippen molar-refractivity contribution in [2.45, 2.75) is 51.8 Å². The van der Waals surface area contributed by atoms with E-state index in [9.17, 15) is 0 Å². The Morgan fingerprint density at radius 3 is 2.63 bits per heavy atom. The van der Waals surface area contributed by atoms with E-state index in [1.807, 2.05) is 0 Å². The van der Waals surface area contributed by atoms with Gasteiger partial charge in [0.05, 0.1) is 12.7 Å². The maximum absolute atomic E-state index is 5.81. The van der Waals surface area contributed by atoms with E-state index in [-0.39, 0.29) is 0 Å². The Bertz CT molecular complexity index is 235. The molecule has 1 aliphatic heterocycles. The lowest BCUT2D eigenvalue weighted by Crippen LogP contribution is -2.52. The van der Waals surface area contributed by atoms with Gasteiger partial charge in [0.15, 0.2) is 0 Å². The lowest BCUT2D eigenvalue weighted by Gasteiger charge is -2.39. The van der Waals surface area contributed by atoms with E-state index < -0.39 is 0 Å². The SMILES string of the molecule is CCCNC(COC(C)C)CC1CN(C)CCN1C. The second-order valence-electron chi connectivity index (χ2n) is 6.17. The molecular weight excluding hydrogens is 238 g/mol. The van der Waals surface area contributed by atoms with E-state index in [0.29, 0.717) is 18.2 Å². The van der Waals surface area contributed by atoms with Crippen LogP contribution >= 0.6 is 0 Å². The van der Waals surface area contributed by atoms with Crippen molar-refractivity contribution in [3.63, 3.8) is 0 Å². The van der Waals surface area contributed by atoms with Crippen molar-refractivity contribution in [3.05, 3.63) is 0 Å². The zero-order chi connectivity index (χ0) is 14.3. The minimum Gasteiger partial charge on any atom is -0.377 e. The molecule has 1 aliphatic rings. The predicted molar refractivity (Wildman–Crippen MR) is 81.7 cm³/mol. The summed E-state index contributed by atoms with van der Waals surface area (Å²) in [7, 11) is 4.47. The van der Waals surface area contributed by atoms with Crippen LogP contribution in [-0.4, -0.2) is 74.9 Å². The molecule has 1 N–H and O–H groups in total. The van der Waals surface area contributed by atoms with Crippen molar-refractivity contribution in [3.8, 4) is 0 Å².